The molecule has 0 spiro atoms. The fourth-order valence-electron chi connectivity index (χ4n) is 3.39. The third-order valence-electron chi connectivity index (χ3n) is 5.01. The fourth-order valence-corrected chi connectivity index (χ4v) is 3.39. The number of carbonyl (C=O) groups excluding carboxylic acids is 1. The van der Waals surface area contributed by atoms with Gasteiger partial charge in [0.2, 0.25) is 5.91 Å². The molecule has 5 nitrogen and oxygen atoms in total. The van der Waals surface area contributed by atoms with Crippen LogP contribution in [0.3, 0.4) is 0 Å². The van der Waals surface area contributed by atoms with Crippen molar-refractivity contribution in [1.82, 2.24) is 4.90 Å². The van der Waals surface area contributed by atoms with E-state index >= 15 is 0 Å². The first-order chi connectivity index (χ1) is 14.7. The van der Waals surface area contributed by atoms with Crippen molar-refractivity contribution in [2.75, 3.05) is 13.7 Å². The first-order valence-corrected chi connectivity index (χ1v) is 9.99. The summed E-state index contributed by atoms with van der Waals surface area (Å²) in [5.41, 5.74) is 1.33. The maximum Gasteiger partial charge on any atom is 0.416 e. The van der Waals surface area contributed by atoms with Crippen LogP contribution in [0.5, 0.6) is 5.75 Å². The van der Waals surface area contributed by atoms with Crippen LogP contribution in [0, 0.1) is 5.92 Å². The molecule has 3 rings (SSSR count). The molecule has 1 aliphatic rings. The molecule has 0 aliphatic carbocycles. The highest BCUT2D eigenvalue weighted by Gasteiger charge is 2.31. The van der Waals surface area contributed by atoms with Crippen molar-refractivity contribution in [2.24, 2.45) is 11.1 Å². The number of hydrogen-bond acceptors (Lipinski definition) is 4. The SMILES string of the molecule is COc1ccc(C2=NO[C@H](CN(Cc3cccc(C(F)(F)F)c3)C(=O)C(C)C)C2)cc1. The van der Waals surface area contributed by atoms with Gasteiger partial charge in [0.05, 0.1) is 24.9 Å². The number of methoxy groups -OCH3 is 1. The molecule has 0 radical (unpaired) electrons. The van der Waals surface area contributed by atoms with Crippen LogP contribution in [0.2, 0.25) is 0 Å². The Bertz CT molecular complexity index is 940. The number of alkyl halides is 3. The van der Waals surface area contributed by atoms with Crippen molar-refractivity contribution in [3.8, 4) is 5.75 Å². The van der Waals surface area contributed by atoms with Crippen LogP contribution in [0.25, 0.3) is 0 Å². The average Bonchev–Trinajstić information content (AvgIpc) is 3.21. The van der Waals surface area contributed by atoms with Crippen LogP contribution in [0.4, 0.5) is 13.2 Å². The van der Waals surface area contributed by atoms with Gasteiger partial charge in [-0.25, -0.2) is 0 Å². The first-order valence-electron chi connectivity index (χ1n) is 9.99. The number of nitrogens with zero attached hydrogens (tertiary/aromatic N) is 2. The molecule has 0 fully saturated rings. The van der Waals surface area contributed by atoms with E-state index < -0.39 is 11.7 Å². The number of oxime groups is 1. The van der Waals surface area contributed by atoms with Crippen LogP contribution in [-0.2, 0) is 22.4 Å². The zero-order valence-corrected chi connectivity index (χ0v) is 17.6. The van der Waals surface area contributed by atoms with Gasteiger partial charge >= 0.3 is 6.18 Å². The molecule has 0 aromatic heterocycles. The summed E-state index contributed by atoms with van der Waals surface area (Å²) >= 11 is 0. The summed E-state index contributed by atoms with van der Waals surface area (Å²) in [4.78, 5) is 19.8. The summed E-state index contributed by atoms with van der Waals surface area (Å²) < 4.78 is 44.3. The Labute approximate surface area is 179 Å². The van der Waals surface area contributed by atoms with Crippen molar-refractivity contribution in [2.45, 2.75) is 39.1 Å². The minimum Gasteiger partial charge on any atom is -0.497 e. The average molecular weight is 434 g/mol. The molecule has 0 unspecified atom stereocenters. The van der Waals surface area contributed by atoms with Gasteiger partial charge in [-0.05, 0) is 47.5 Å². The van der Waals surface area contributed by atoms with Gasteiger partial charge in [-0.2, -0.15) is 13.2 Å². The van der Waals surface area contributed by atoms with Gasteiger partial charge in [0.1, 0.15) is 5.75 Å². The second kappa shape index (κ2) is 9.41. The summed E-state index contributed by atoms with van der Waals surface area (Å²) in [6.45, 7) is 3.82. The lowest BCUT2D eigenvalue weighted by Gasteiger charge is -2.27. The molecular weight excluding hydrogens is 409 g/mol. The topological polar surface area (TPSA) is 51.1 Å². The zero-order valence-electron chi connectivity index (χ0n) is 17.6. The summed E-state index contributed by atoms with van der Waals surface area (Å²) in [5.74, 6) is 0.280. The minimum atomic E-state index is -4.43. The van der Waals surface area contributed by atoms with Crippen molar-refractivity contribution >= 4 is 11.6 Å². The quantitative estimate of drug-likeness (QED) is 0.623. The number of halogens is 3. The van der Waals surface area contributed by atoms with Crippen LogP contribution in [0.1, 0.15) is 37.0 Å². The lowest BCUT2D eigenvalue weighted by molar-refractivity contribution is -0.137. The molecule has 1 aliphatic heterocycles. The monoisotopic (exact) mass is 434 g/mol. The van der Waals surface area contributed by atoms with Gasteiger partial charge in [-0.15, -0.1) is 0 Å². The number of rotatable bonds is 7. The van der Waals surface area contributed by atoms with E-state index in [9.17, 15) is 18.0 Å². The van der Waals surface area contributed by atoms with Gasteiger partial charge in [0, 0.05) is 18.9 Å². The molecule has 0 saturated carbocycles. The second-order valence-electron chi connectivity index (χ2n) is 7.77. The van der Waals surface area contributed by atoms with Crippen LogP contribution in [-0.4, -0.2) is 36.3 Å². The van der Waals surface area contributed by atoms with Crippen molar-refractivity contribution < 1.29 is 27.5 Å². The number of amides is 1. The van der Waals surface area contributed by atoms with E-state index in [1.165, 1.54) is 11.0 Å². The summed E-state index contributed by atoms with van der Waals surface area (Å²) in [6, 6.07) is 12.5. The lowest BCUT2D eigenvalue weighted by Crippen LogP contribution is -2.39. The third kappa shape index (κ3) is 5.77. The number of benzene rings is 2. The maximum absolute atomic E-state index is 13.0. The lowest BCUT2D eigenvalue weighted by atomic mass is 10.0. The Morgan fingerprint density at radius 2 is 1.94 bits per heavy atom. The third-order valence-corrected chi connectivity index (χ3v) is 5.01. The number of ether oxygens (including phenoxy) is 1. The molecule has 0 saturated heterocycles. The smallest absolute Gasteiger partial charge is 0.416 e. The van der Waals surface area contributed by atoms with E-state index in [0.717, 1.165) is 29.2 Å². The predicted octanol–water partition coefficient (Wildman–Crippen LogP) is 4.89. The minimum absolute atomic E-state index is 0.0681. The zero-order chi connectivity index (χ0) is 22.6. The molecule has 1 heterocycles. The normalized spacial score (nSPS) is 16.1. The van der Waals surface area contributed by atoms with Crippen molar-refractivity contribution in [1.29, 1.82) is 0 Å². The van der Waals surface area contributed by atoms with Gasteiger partial charge in [0.15, 0.2) is 6.10 Å². The molecule has 0 bridgehead atoms. The summed E-state index contributed by atoms with van der Waals surface area (Å²) in [5, 5.41) is 4.14. The maximum atomic E-state index is 13.0. The number of carbonyl (C=O) groups is 1. The van der Waals surface area contributed by atoms with E-state index in [1.54, 1.807) is 27.0 Å². The predicted molar refractivity (Wildman–Crippen MR) is 111 cm³/mol. The van der Waals surface area contributed by atoms with Gasteiger partial charge in [-0.1, -0.05) is 31.1 Å². The van der Waals surface area contributed by atoms with E-state index in [-0.39, 0.29) is 31.0 Å². The highest BCUT2D eigenvalue weighted by molar-refractivity contribution is 6.01. The highest BCUT2D eigenvalue weighted by atomic mass is 19.4. The van der Waals surface area contributed by atoms with E-state index in [1.807, 2.05) is 24.3 Å². The molecule has 2 aromatic rings. The Hall–Kier alpha value is -3.03. The van der Waals surface area contributed by atoms with E-state index in [2.05, 4.69) is 5.16 Å². The molecule has 166 valence electrons. The van der Waals surface area contributed by atoms with Gasteiger partial charge < -0.3 is 14.5 Å². The van der Waals surface area contributed by atoms with Crippen molar-refractivity contribution in [3.05, 3.63) is 65.2 Å². The molecule has 31 heavy (non-hydrogen) atoms. The molecule has 1 atom stereocenters. The van der Waals surface area contributed by atoms with E-state index in [0.29, 0.717) is 12.0 Å². The standard InChI is InChI=1S/C23H25F3N2O3/c1-15(2)22(29)28(13-16-5-4-6-18(11-16)23(24,25)26)14-20-12-21(27-31-20)17-7-9-19(30-3)10-8-17/h4-11,15,20H,12-14H2,1-3H3/t20-/m0/s1. The Morgan fingerprint density at radius 1 is 1.23 bits per heavy atom. The fraction of sp³-hybridized carbons (Fsp3) is 0.391. The van der Waals surface area contributed by atoms with Gasteiger partial charge in [-0.3, -0.25) is 4.79 Å². The Balaban J connectivity index is 1.70. The molecule has 1 amide bonds. The van der Waals surface area contributed by atoms with Gasteiger partial charge in [0.25, 0.3) is 0 Å². The van der Waals surface area contributed by atoms with E-state index in [4.69, 9.17) is 9.57 Å². The number of hydrogen-bond donors (Lipinski definition) is 0. The molecule has 0 N–H and O–H groups in total. The molecule has 2 aromatic carbocycles. The van der Waals surface area contributed by atoms with Crippen molar-refractivity contribution in [3.63, 3.8) is 0 Å². The Morgan fingerprint density at radius 3 is 2.55 bits per heavy atom. The van der Waals surface area contributed by atoms with Crippen LogP contribution < -0.4 is 4.74 Å². The Kier molecular flexibility index (Phi) is 6.87. The molecular formula is C23H25F3N2O3. The summed E-state index contributed by atoms with van der Waals surface area (Å²) in [6.07, 6.45) is -4.30. The highest BCUT2D eigenvalue weighted by Crippen LogP contribution is 2.30. The molecule has 8 heteroatoms. The first kappa shape index (κ1) is 22.7. The van der Waals surface area contributed by atoms with Crippen LogP contribution in [0.15, 0.2) is 53.7 Å². The largest absolute Gasteiger partial charge is 0.497 e. The summed E-state index contributed by atoms with van der Waals surface area (Å²) in [7, 11) is 1.59. The van der Waals surface area contributed by atoms with Crippen LogP contribution >= 0.6 is 0 Å². The second-order valence-corrected chi connectivity index (χ2v) is 7.77.